The number of hydrogen-bond acceptors (Lipinski definition) is 6. The van der Waals surface area contributed by atoms with E-state index < -0.39 is 0 Å². The lowest BCUT2D eigenvalue weighted by Crippen LogP contribution is -2.48. The van der Waals surface area contributed by atoms with Crippen molar-refractivity contribution in [2.45, 2.75) is 45.9 Å². The summed E-state index contributed by atoms with van der Waals surface area (Å²) in [5, 5.41) is 12.3. The van der Waals surface area contributed by atoms with Gasteiger partial charge in [-0.25, -0.2) is 9.98 Å². The van der Waals surface area contributed by atoms with Crippen molar-refractivity contribution in [1.29, 1.82) is 0 Å². The molecule has 2 atom stereocenters. The number of thiazole rings is 1. The number of morpholine rings is 1. The average Bonchev–Trinajstić information content (AvgIpc) is 3.38. The maximum Gasteiger partial charge on any atom is 0.191 e. The van der Waals surface area contributed by atoms with Crippen LogP contribution in [0.2, 0.25) is 0 Å². The third-order valence-electron chi connectivity index (χ3n) is 4.69. The molecule has 9 heteroatoms. The highest BCUT2D eigenvalue weighted by molar-refractivity contribution is 14.0. The molecule has 0 aliphatic carbocycles. The lowest BCUT2D eigenvalue weighted by atomic mass is 10.1. The van der Waals surface area contributed by atoms with Crippen molar-refractivity contribution in [1.82, 2.24) is 20.5 Å². The standard InChI is InChI=1S/C20H31N5OS2.HI/c1-4-19-24-16(14-28-19)11-22-20(21-5-2)23-12-17(18-7-6-10-27-18)25-8-9-26-15(3)13-25;/h6-7,10,14-15,17H,4-5,8-9,11-13H2,1-3H3,(H2,21,22,23);1H. The van der Waals surface area contributed by atoms with Crippen LogP contribution in [-0.2, 0) is 17.7 Å². The van der Waals surface area contributed by atoms with Gasteiger partial charge in [0, 0.05) is 36.4 Å². The summed E-state index contributed by atoms with van der Waals surface area (Å²) in [4.78, 5) is 13.3. The fourth-order valence-electron chi connectivity index (χ4n) is 3.30. The monoisotopic (exact) mass is 549 g/mol. The van der Waals surface area contributed by atoms with Crippen molar-refractivity contribution in [3.05, 3.63) is 38.5 Å². The molecule has 0 radical (unpaired) electrons. The molecule has 0 bridgehead atoms. The van der Waals surface area contributed by atoms with Gasteiger partial charge in [0.25, 0.3) is 0 Å². The molecular formula is C20H32IN5OS2. The van der Waals surface area contributed by atoms with Gasteiger partial charge >= 0.3 is 0 Å². The van der Waals surface area contributed by atoms with E-state index in [1.807, 2.05) is 11.3 Å². The lowest BCUT2D eigenvalue weighted by Gasteiger charge is -2.37. The molecule has 1 aliphatic rings. The predicted octanol–water partition coefficient (Wildman–Crippen LogP) is 3.90. The van der Waals surface area contributed by atoms with E-state index in [1.165, 1.54) is 9.88 Å². The van der Waals surface area contributed by atoms with Crippen LogP contribution in [-0.4, -0.2) is 54.7 Å². The predicted molar refractivity (Wildman–Crippen MR) is 134 cm³/mol. The van der Waals surface area contributed by atoms with Gasteiger partial charge in [0.05, 0.1) is 36.0 Å². The lowest BCUT2D eigenvalue weighted by molar-refractivity contribution is -0.0334. The molecule has 3 rings (SSSR count). The molecule has 3 heterocycles. The fourth-order valence-corrected chi connectivity index (χ4v) is 4.89. The zero-order valence-electron chi connectivity index (χ0n) is 17.4. The molecule has 6 nitrogen and oxygen atoms in total. The van der Waals surface area contributed by atoms with Gasteiger partial charge in [-0.15, -0.1) is 46.7 Å². The van der Waals surface area contributed by atoms with E-state index in [9.17, 15) is 0 Å². The summed E-state index contributed by atoms with van der Waals surface area (Å²) in [6.07, 6.45) is 1.25. The van der Waals surface area contributed by atoms with Crippen LogP contribution < -0.4 is 10.6 Å². The number of thiophene rings is 1. The number of nitrogens with one attached hydrogen (secondary N) is 2. The Labute approximate surface area is 199 Å². The molecule has 2 aromatic heterocycles. The van der Waals surface area contributed by atoms with Crippen molar-refractivity contribution in [2.24, 2.45) is 4.99 Å². The smallest absolute Gasteiger partial charge is 0.191 e. The summed E-state index contributed by atoms with van der Waals surface area (Å²) in [6, 6.07) is 4.67. The highest BCUT2D eigenvalue weighted by Crippen LogP contribution is 2.26. The Hall–Kier alpha value is -0.750. The Morgan fingerprint density at radius 3 is 2.90 bits per heavy atom. The van der Waals surface area contributed by atoms with Gasteiger partial charge in [0.15, 0.2) is 5.96 Å². The summed E-state index contributed by atoms with van der Waals surface area (Å²) in [6.45, 7) is 11.3. The van der Waals surface area contributed by atoms with E-state index in [0.29, 0.717) is 12.6 Å². The first-order valence-corrected chi connectivity index (χ1v) is 11.8. The van der Waals surface area contributed by atoms with Crippen LogP contribution in [0.25, 0.3) is 0 Å². The molecule has 0 saturated carbocycles. The fraction of sp³-hybridized carbons (Fsp3) is 0.600. The Balaban J connectivity index is 0.00000300. The van der Waals surface area contributed by atoms with Gasteiger partial charge in [0.2, 0.25) is 0 Å². The van der Waals surface area contributed by atoms with Crippen LogP contribution >= 0.6 is 46.7 Å². The molecule has 1 saturated heterocycles. The minimum atomic E-state index is 0. The number of guanidine groups is 1. The van der Waals surface area contributed by atoms with E-state index in [1.54, 1.807) is 11.3 Å². The molecule has 0 aromatic carbocycles. The summed E-state index contributed by atoms with van der Waals surface area (Å²) in [5.74, 6) is 0.844. The van der Waals surface area contributed by atoms with Gasteiger partial charge in [-0.05, 0) is 31.7 Å². The van der Waals surface area contributed by atoms with E-state index in [-0.39, 0.29) is 30.1 Å². The average molecular weight is 550 g/mol. The summed E-state index contributed by atoms with van der Waals surface area (Å²) in [5.41, 5.74) is 1.04. The maximum absolute atomic E-state index is 5.74. The van der Waals surface area contributed by atoms with Crippen LogP contribution in [0.3, 0.4) is 0 Å². The number of halogens is 1. The van der Waals surface area contributed by atoms with Crippen molar-refractivity contribution in [3.8, 4) is 0 Å². The highest BCUT2D eigenvalue weighted by atomic mass is 127. The van der Waals surface area contributed by atoms with Gasteiger partial charge in [-0.1, -0.05) is 13.0 Å². The Morgan fingerprint density at radius 1 is 1.38 bits per heavy atom. The van der Waals surface area contributed by atoms with Crippen LogP contribution in [0.15, 0.2) is 27.9 Å². The van der Waals surface area contributed by atoms with E-state index in [4.69, 9.17) is 9.73 Å². The third kappa shape index (κ3) is 7.46. The van der Waals surface area contributed by atoms with Crippen molar-refractivity contribution < 1.29 is 4.74 Å². The molecular weight excluding hydrogens is 517 g/mol. The molecule has 29 heavy (non-hydrogen) atoms. The first-order valence-electron chi connectivity index (χ1n) is 10.0. The molecule has 0 spiro atoms. The third-order valence-corrected chi connectivity index (χ3v) is 6.71. The second kappa shape index (κ2) is 12.8. The first kappa shape index (κ1) is 24.5. The Kier molecular flexibility index (Phi) is 10.9. The second-order valence-corrected chi connectivity index (χ2v) is 8.79. The van der Waals surface area contributed by atoms with Crippen molar-refractivity contribution >= 4 is 52.6 Å². The summed E-state index contributed by atoms with van der Waals surface area (Å²) >= 11 is 3.53. The summed E-state index contributed by atoms with van der Waals surface area (Å²) in [7, 11) is 0. The molecule has 1 fully saturated rings. The number of nitrogens with zero attached hydrogens (tertiary/aromatic N) is 3. The van der Waals surface area contributed by atoms with Gasteiger partial charge in [-0.2, -0.15) is 0 Å². The van der Waals surface area contributed by atoms with Crippen LogP contribution in [0.4, 0.5) is 0 Å². The Bertz CT molecular complexity index is 737. The number of aliphatic imine (C=N–C) groups is 1. The van der Waals surface area contributed by atoms with Crippen molar-refractivity contribution in [3.63, 3.8) is 0 Å². The number of aromatic nitrogens is 1. The largest absolute Gasteiger partial charge is 0.376 e. The van der Waals surface area contributed by atoms with Crippen LogP contribution in [0.1, 0.15) is 42.4 Å². The minimum Gasteiger partial charge on any atom is -0.376 e. The topological polar surface area (TPSA) is 61.8 Å². The molecule has 2 unspecified atom stereocenters. The number of rotatable bonds is 8. The SMILES string of the molecule is CCNC(=NCc1csc(CC)n1)NCC(c1cccs1)N1CCOC(C)C1.I. The second-order valence-electron chi connectivity index (χ2n) is 6.87. The van der Waals surface area contributed by atoms with Crippen molar-refractivity contribution in [2.75, 3.05) is 32.8 Å². The van der Waals surface area contributed by atoms with E-state index in [2.05, 4.69) is 64.2 Å². The maximum atomic E-state index is 5.74. The molecule has 162 valence electrons. The van der Waals surface area contributed by atoms with Gasteiger partial charge < -0.3 is 15.4 Å². The van der Waals surface area contributed by atoms with E-state index >= 15 is 0 Å². The molecule has 1 aliphatic heterocycles. The number of ether oxygens (including phenoxy) is 1. The molecule has 2 N–H and O–H groups in total. The van der Waals surface area contributed by atoms with Gasteiger partial charge in [-0.3, -0.25) is 4.90 Å². The van der Waals surface area contributed by atoms with Crippen LogP contribution in [0, 0.1) is 0 Å². The Morgan fingerprint density at radius 2 is 2.24 bits per heavy atom. The summed E-state index contributed by atoms with van der Waals surface area (Å²) < 4.78 is 5.74. The quantitative estimate of drug-likeness (QED) is 0.297. The highest BCUT2D eigenvalue weighted by Gasteiger charge is 2.26. The molecule has 2 aromatic rings. The normalized spacial score (nSPS) is 18.9. The zero-order valence-corrected chi connectivity index (χ0v) is 21.4. The minimum absolute atomic E-state index is 0. The van der Waals surface area contributed by atoms with Crippen LogP contribution in [0.5, 0.6) is 0 Å². The number of aryl methyl sites for hydroxylation is 1. The zero-order chi connectivity index (χ0) is 19.8. The first-order chi connectivity index (χ1) is 13.7. The van der Waals surface area contributed by atoms with E-state index in [0.717, 1.165) is 50.9 Å². The van der Waals surface area contributed by atoms with Gasteiger partial charge in [0.1, 0.15) is 0 Å². The number of hydrogen-bond donors (Lipinski definition) is 2. The molecule has 0 amide bonds.